The van der Waals surface area contributed by atoms with E-state index in [1.165, 1.54) is 6.07 Å². The van der Waals surface area contributed by atoms with Crippen LogP contribution in [0.5, 0.6) is 0 Å². The fraction of sp³-hybridized carbons (Fsp3) is 0.136. The van der Waals surface area contributed by atoms with Crippen molar-refractivity contribution in [1.82, 2.24) is 19.9 Å². The van der Waals surface area contributed by atoms with Crippen molar-refractivity contribution in [1.29, 1.82) is 0 Å². The lowest BCUT2D eigenvalue weighted by molar-refractivity contribution is 0.0929. The molecular weight excluding hydrogens is 355 g/mol. The van der Waals surface area contributed by atoms with Gasteiger partial charge in [0.25, 0.3) is 5.91 Å². The number of hydrogen-bond donors (Lipinski definition) is 1. The zero-order valence-corrected chi connectivity index (χ0v) is 15.1. The van der Waals surface area contributed by atoms with E-state index in [0.29, 0.717) is 18.4 Å². The number of aromatic nitrogens is 3. The van der Waals surface area contributed by atoms with Crippen LogP contribution in [0.2, 0.25) is 0 Å². The second kappa shape index (κ2) is 8.00. The van der Waals surface area contributed by atoms with Crippen molar-refractivity contribution in [3.05, 3.63) is 96.5 Å². The number of aryl methyl sites for hydroxylation is 1. The standard InChI is InChI=1S/C22H19FN4O/c23-18-8-4-7-17-9-10-20(25-21(17)18)22(28)26-19(16-5-2-1-3-6-16)11-13-27-14-12-24-15-27/h1-10,12,14-15,19H,11,13H2,(H,26,28)/t19-/m0/s1. The number of halogens is 1. The van der Waals surface area contributed by atoms with Crippen LogP contribution >= 0.6 is 0 Å². The number of nitrogens with one attached hydrogen (secondary N) is 1. The maximum absolute atomic E-state index is 14.0. The van der Waals surface area contributed by atoms with E-state index in [-0.39, 0.29) is 23.2 Å². The third kappa shape index (κ3) is 3.91. The van der Waals surface area contributed by atoms with Gasteiger partial charge in [0, 0.05) is 24.3 Å². The average Bonchev–Trinajstić information content (AvgIpc) is 3.25. The highest BCUT2D eigenvalue weighted by Crippen LogP contribution is 2.20. The zero-order valence-electron chi connectivity index (χ0n) is 15.1. The minimum atomic E-state index is -0.438. The summed E-state index contributed by atoms with van der Waals surface area (Å²) in [6, 6.07) is 17.6. The fourth-order valence-electron chi connectivity index (χ4n) is 3.17. The van der Waals surface area contributed by atoms with Gasteiger partial charge in [-0.1, -0.05) is 48.5 Å². The van der Waals surface area contributed by atoms with Gasteiger partial charge in [0.05, 0.1) is 12.4 Å². The number of hydrogen-bond acceptors (Lipinski definition) is 3. The molecule has 0 spiro atoms. The molecule has 0 bridgehead atoms. The summed E-state index contributed by atoms with van der Waals surface area (Å²) in [5.41, 5.74) is 1.40. The van der Waals surface area contributed by atoms with Crippen molar-refractivity contribution in [3.63, 3.8) is 0 Å². The summed E-state index contributed by atoms with van der Waals surface area (Å²) in [6.07, 6.45) is 6.05. The molecular formula is C22H19FN4O. The number of benzene rings is 2. The van der Waals surface area contributed by atoms with Gasteiger partial charge in [0.15, 0.2) is 0 Å². The summed E-state index contributed by atoms with van der Waals surface area (Å²) in [7, 11) is 0. The molecule has 0 saturated carbocycles. The maximum Gasteiger partial charge on any atom is 0.270 e. The molecule has 0 aliphatic heterocycles. The Kier molecular flexibility index (Phi) is 5.10. The number of carbonyl (C=O) groups excluding carboxylic acids is 1. The summed E-state index contributed by atoms with van der Waals surface area (Å²) >= 11 is 0. The molecule has 6 heteroatoms. The van der Waals surface area contributed by atoms with Crippen LogP contribution in [0, 0.1) is 5.82 Å². The Morgan fingerprint density at radius 3 is 2.71 bits per heavy atom. The van der Waals surface area contributed by atoms with Crippen LogP contribution in [-0.2, 0) is 6.54 Å². The smallest absolute Gasteiger partial charge is 0.270 e. The SMILES string of the molecule is O=C(N[C@@H](CCn1ccnc1)c1ccccc1)c1ccc2cccc(F)c2n1. The van der Waals surface area contributed by atoms with Gasteiger partial charge in [-0.05, 0) is 24.1 Å². The van der Waals surface area contributed by atoms with Gasteiger partial charge in [-0.3, -0.25) is 4.79 Å². The van der Waals surface area contributed by atoms with Crippen LogP contribution in [0.1, 0.15) is 28.5 Å². The Bertz CT molecular complexity index is 1080. The van der Waals surface area contributed by atoms with Gasteiger partial charge in [-0.25, -0.2) is 14.4 Å². The van der Waals surface area contributed by atoms with Crippen LogP contribution in [0.4, 0.5) is 4.39 Å². The first kappa shape index (κ1) is 17.9. The van der Waals surface area contributed by atoms with Crippen molar-refractivity contribution in [2.24, 2.45) is 0 Å². The molecule has 0 unspecified atom stereocenters. The quantitative estimate of drug-likeness (QED) is 0.552. The number of pyridine rings is 1. The molecule has 1 atom stereocenters. The lowest BCUT2D eigenvalue weighted by Crippen LogP contribution is -2.30. The largest absolute Gasteiger partial charge is 0.344 e. The van der Waals surface area contributed by atoms with E-state index in [2.05, 4.69) is 15.3 Å². The van der Waals surface area contributed by atoms with E-state index in [4.69, 9.17) is 0 Å². The van der Waals surface area contributed by atoms with E-state index >= 15 is 0 Å². The van der Waals surface area contributed by atoms with E-state index in [1.807, 2.05) is 41.1 Å². The molecule has 0 saturated heterocycles. The normalized spacial score (nSPS) is 12.0. The van der Waals surface area contributed by atoms with Crippen molar-refractivity contribution in [2.45, 2.75) is 19.0 Å². The number of amides is 1. The third-order valence-electron chi connectivity index (χ3n) is 4.65. The molecule has 4 aromatic rings. The van der Waals surface area contributed by atoms with Crippen LogP contribution in [-0.4, -0.2) is 20.4 Å². The Labute approximate surface area is 161 Å². The highest BCUT2D eigenvalue weighted by Gasteiger charge is 2.17. The Hall–Kier alpha value is -3.54. The van der Waals surface area contributed by atoms with Crippen molar-refractivity contribution in [3.8, 4) is 0 Å². The van der Waals surface area contributed by atoms with Gasteiger partial charge in [-0.15, -0.1) is 0 Å². The maximum atomic E-state index is 14.0. The molecule has 0 aliphatic carbocycles. The molecule has 0 aliphatic rings. The summed E-state index contributed by atoms with van der Waals surface area (Å²) in [5.74, 6) is -0.767. The van der Waals surface area contributed by atoms with Gasteiger partial charge >= 0.3 is 0 Å². The predicted molar refractivity (Wildman–Crippen MR) is 105 cm³/mol. The van der Waals surface area contributed by atoms with Crippen molar-refractivity contribution >= 4 is 16.8 Å². The van der Waals surface area contributed by atoms with E-state index in [9.17, 15) is 9.18 Å². The molecule has 1 N–H and O–H groups in total. The molecule has 5 nitrogen and oxygen atoms in total. The van der Waals surface area contributed by atoms with Crippen LogP contribution in [0.3, 0.4) is 0 Å². The first-order valence-corrected chi connectivity index (χ1v) is 9.07. The second-order valence-corrected chi connectivity index (χ2v) is 6.53. The van der Waals surface area contributed by atoms with E-state index in [1.54, 1.807) is 36.8 Å². The summed E-state index contributed by atoms with van der Waals surface area (Å²) in [4.78, 5) is 21.1. The van der Waals surface area contributed by atoms with Gasteiger partial charge in [0.2, 0.25) is 0 Å². The van der Waals surface area contributed by atoms with Crippen molar-refractivity contribution < 1.29 is 9.18 Å². The van der Waals surface area contributed by atoms with Crippen LogP contribution < -0.4 is 5.32 Å². The molecule has 0 fully saturated rings. The molecule has 28 heavy (non-hydrogen) atoms. The van der Waals surface area contributed by atoms with Gasteiger partial charge in [-0.2, -0.15) is 0 Å². The summed E-state index contributed by atoms with van der Waals surface area (Å²) < 4.78 is 16.0. The molecule has 0 radical (unpaired) electrons. The van der Waals surface area contributed by atoms with Crippen molar-refractivity contribution in [2.75, 3.05) is 0 Å². The highest BCUT2D eigenvalue weighted by atomic mass is 19.1. The van der Waals surface area contributed by atoms with E-state index in [0.717, 1.165) is 5.56 Å². The number of para-hydroxylation sites is 1. The van der Waals surface area contributed by atoms with Gasteiger partial charge < -0.3 is 9.88 Å². The summed E-state index contributed by atoms with van der Waals surface area (Å²) in [5, 5.41) is 3.70. The lowest BCUT2D eigenvalue weighted by atomic mass is 10.0. The number of rotatable bonds is 6. The highest BCUT2D eigenvalue weighted by molar-refractivity contribution is 5.95. The molecule has 140 valence electrons. The topological polar surface area (TPSA) is 59.8 Å². The first-order valence-electron chi connectivity index (χ1n) is 9.07. The minimum Gasteiger partial charge on any atom is -0.344 e. The zero-order chi connectivity index (χ0) is 19.3. The number of carbonyl (C=O) groups is 1. The number of imidazole rings is 1. The lowest BCUT2D eigenvalue weighted by Gasteiger charge is -2.19. The molecule has 2 heterocycles. The Morgan fingerprint density at radius 2 is 1.93 bits per heavy atom. The van der Waals surface area contributed by atoms with Crippen LogP contribution in [0.15, 0.2) is 79.4 Å². The number of nitrogens with zero attached hydrogens (tertiary/aromatic N) is 3. The fourth-order valence-corrected chi connectivity index (χ4v) is 3.17. The molecule has 2 aromatic heterocycles. The third-order valence-corrected chi connectivity index (χ3v) is 4.65. The average molecular weight is 374 g/mol. The van der Waals surface area contributed by atoms with Gasteiger partial charge in [0.1, 0.15) is 17.0 Å². The van der Waals surface area contributed by atoms with Crippen LogP contribution in [0.25, 0.3) is 10.9 Å². The Morgan fingerprint density at radius 1 is 1.07 bits per heavy atom. The molecule has 2 aromatic carbocycles. The molecule has 1 amide bonds. The minimum absolute atomic E-state index is 0.196. The monoisotopic (exact) mass is 374 g/mol. The molecule has 4 rings (SSSR count). The Balaban J connectivity index is 1.57. The second-order valence-electron chi connectivity index (χ2n) is 6.53. The van der Waals surface area contributed by atoms with E-state index < -0.39 is 5.82 Å². The summed E-state index contributed by atoms with van der Waals surface area (Å²) in [6.45, 7) is 0.708. The first-order chi connectivity index (χ1) is 13.7. The predicted octanol–water partition coefficient (Wildman–Crippen LogP) is 4.13. The number of fused-ring (bicyclic) bond motifs is 1.